The highest BCUT2D eigenvalue weighted by Crippen LogP contribution is 2.34. The smallest absolute Gasteiger partial charge is 0.311 e. The van der Waals surface area contributed by atoms with E-state index in [2.05, 4.69) is 0 Å². The first-order valence-corrected chi connectivity index (χ1v) is 8.28. The third-order valence-electron chi connectivity index (χ3n) is 4.08. The number of carboxylic acid groups (broad SMARTS) is 1. The standard InChI is InChI=1S/C20H24O6/c1-5-26-19-11-13(6-8-17(19)24-3)10-15(20(21)22)14-7-9-16(23-2)18(12-14)25-4/h6-9,11-12,15H,5,10H2,1-4H3,(H,21,22). The van der Waals surface area contributed by atoms with E-state index in [0.29, 0.717) is 41.6 Å². The molecule has 1 atom stereocenters. The highest BCUT2D eigenvalue weighted by Gasteiger charge is 2.22. The van der Waals surface area contributed by atoms with Gasteiger partial charge in [0, 0.05) is 0 Å². The Hall–Kier alpha value is -2.89. The van der Waals surface area contributed by atoms with Gasteiger partial charge >= 0.3 is 5.97 Å². The summed E-state index contributed by atoms with van der Waals surface area (Å²) >= 11 is 0. The molecule has 1 unspecified atom stereocenters. The van der Waals surface area contributed by atoms with Gasteiger partial charge in [0.2, 0.25) is 0 Å². The molecule has 0 bridgehead atoms. The summed E-state index contributed by atoms with van der Waals surface area (Å²) in [6.45, 7) is 2.38. The van der Waals surface area contributed by atoms with Crippen LogP contribution in [0.2, 0.25) is 0 Å². The fourth-order valence-electron chi connectivity index (χ4n) is 2.77. The van der Waals surface area contributed by atoms with Gasteiger partial charge in [0.05, 0.1) is 33.9 Å². The molecular formula is C20H24O6. The van der Waals surface area contributed by atoms with Gasteiger partial charge in [-0.3, -0.25) is 4.79 Å². The Balaban J connectivity index is 2.34. The normalized spacial score (nSPS) is 11.5. The number of rotatable bonds is 9. The predicted molar refractivity (Wildman–Crippen MR) is 97.8 cm³/mol. The second kappa shape index (κ2) is 8.99. The number of hydrogen-bond donors (Lipinski definition) is 1. The third-order valence-corrected chi connectivity index (χ3v) is 4.08. The predicted octanol–water partition coefficient (Wildman–Crippen LogP) is 3.52. The van der Waals surface area contributed by atoms with E-state index in [4.69, 9.17) is 18.9 Å². The molecule has 140 valence electrons. The first-order chi connectivity index (χ1) is 12.5. The molecule has 0 aromatic heterocycles. The summed E-state index contributed by atoms with van der Waals surface area (Å²) in [5.41, 5.74) is 1.49. The molecule has 26 heavy (non-hydrogen) atoms. The monoisotopic (exact) mass is 360 g/mol. The summed E-state index contributed by atoms with van der Waals surface area (Å²) in [4.78, 5) is 11.9. The van der Waals surface area contributed by atoms with Crippen LogP contribution in [0.15, 0.2) is 36.4 Å². The van der Waals surface area contributed by atoms with Crippen LogP contribution in [0, 0.1) is 0 Å². The van der Waals surface area contributed by atoms with Gasteiger partial charge in [0.15, 0.2) is 23.0 Å². The Kier molecular flexibility index (Phi) is 6.72. The molecule has 6 nitrogen and oxygen atoms in total. The van der Waals surface area contributed by atoms with Crippen LogP contribution in [0.4, 0.5) is 0 Å². The molecule has 2 rings (SSSR count). The minimum atomic E-state index is -0.911. The van der Waals surface area contributed by atoms with Crippen LogP contribution in [0.5, 0.6) is 23.0 Å². The van der Waals surface area contributed by atoms with Crippen LogP contribution in [-0.4, -0.2) is 39.0 Å². The molecule has 0 radical (unpaired) electrons. The number of benzene rings is 2. The average molecular weight is 360 g/mol. The summed E-state index contributed by atoms with van der Waals surface area (Å²) in [6, 6.07) is 10.6. The largest absolute Gasteiger partial charge is 0.493 e. The maximum atomic E-state index is 11.9. The fourth-order valence-corrected chi connectivity index (χ4v) is 2.77. The lowest BCUT2D eigenvalue weighted by molar-refractivity contribution is -0.138. The van der Waals surface area contributed by atoms with Crippen molar-refractivity contribution >= 4 is 5.97 Å². The molecule has 0 amide bonds. The van der Waals surface area contributed by atoms with Crippen molar-refractivity contribution in [1.82, 2.24) is 0 Å². The molecule has 0 fully saturated rings. The Morgan fingerprint density at radius 3 is 2.12 bits per heavy atom. The van der Waals surface area contributed by atoms with Crippen LogP contribution < -0.4 is 18.9 Å². The van der Waals surface area contributed by atoms with Crippen molar-refractivity contribution in [3.63, 3.8) is 0 Å². The van der Waals surface area contributed by atoms with Gasteiger partial charge < -0.3 is 24.1 Å². The quantitative estimate of drug-likeness (QED) is 0.737. The molecule has 0 aliphatic carbocycles. The lowest BCUT2D eigenvalue weighted by atomic mass is 9.91. The summed E-state index contributed by atoms with van der Waals surface area (Å²) in [7, 11) is 4.63. The number of carbonyl (C=O) groups is 1. The van der Waals surface area contributed by atoms with Crippen molar-refractivity contribution in [2.45, 2.75) is 19.3 Å². The molecule has 2 aromatic rings. The maximum absolute atomic E-state index is 11.9. The lowest BCUT2D eigenvalue weighted by Crippen LogP contribution is -2.15. The molecule has 2 aromatic carbocycles. The number of methoxy groups -OCH3 is 3. The third kappa shape index (κ3) is 4.39. The molecular weight excluding hydrogens is 336 g/mol. The Labute approximate surface area is 153 Å². The van der Waals surface area contributed by atoms with Crippen molar-refractivity contribution in [3.05, 3.63) is 47.5 Å². The second-order valence-corrected chi connectivity index (χ2v) is 5.63. The van der Waals surface area contributed by atoms with E-state index < -0.39 is 11.9 Å². The summed E-state index contributed by atoms with van der Waals surface area (Å²) in [6.07, 6.45) is 0.314. The zero-order chi connectivity index (χ0) is 19.1. The molecule has 0 heterocycles. The average Bonchev–Trinajstić information content (AvgIpc) is 2.65. The molecule has 0 saturated heterocycles. The van der Waals surface area contributed by atoms with E-state index in [1.165, 1.54) is 7.11 Å². The molecule has 6 heteroatoms. The lowest BCUT2D eigenvalue weighted by Gasteiger charge is -2.17. The van der Waals surface area contributed by atoms with Crippen molar-refractivity contribution in [3.8, 4) is 23.0 Å². The van der Waals surface area contributed by atoms with Crippen LogP contribution in [0.1, 0.15) is 24.0 Å². The van der Waals surface area contributed by atoms with E-state index in [1.807, 2.05) is 19.1 Å². The Bertz CT molecular complexity index is 756. The Morgan fingerprint density at radius 2 is 1.54 bits per heavy atom. The fraction of sp³-hybridized carbons (Fsp3) is 0.350. The zero-order valence-corrected chi connectivity index (χ0v) is 15.4. The first-order valence-electron chi connectivity index (χ1n) is 8.28. The van der Waals surface area contributed by atoms with Crippen LogP contribution >= 0.6 is 0 Å². The van der Waals surface area contributed by atoms with Crippen molar-refractivity contribution < 1.29 is 28.8 Å². The minimum Gasteiger partial charge on any atom is -0.493 e. The van der Waals surface area contributed by atoms with E-state index in [9.17, 15) is 9.90 Å². The topological polar surface area (TPSA) is 74.2 Å². The SMILES string of the molecule is CCOc1cc(CC(C(=O)O)c2ccc(OC)c(OC)c2)ccc1OC. The molecule has 1 N–H and O–H groups in total. The number of hydrogen-bond acceptors (Lipinski definition) is 5. The van der Waals surface area contributed by atoms with Gasteiger partial charge in [-0.1, -0.05) is 12.1 Å². The molecule has 0 aliphatic rings. The van der Waals surface area contributed by atoms with Gasteiger partial charge in [-0.05, 0) is 48.7 Å². The van der Waals surface area contributed by atoms with Crippen molar-refractivity contribution in [2.75, 3.05) is 27.9 Å². The highest BCUT2D eigenvalue weighted by atomic mass is 16.5. The van der Waals surface area contributed by atoms with Gasteiger partial charge in [-0.15, -0.1) is 0 Å². The number of aliphatic carboxylic acids is 1. The van der Waals surface area contributed by atoms with Crippen LogP contribution in [0.25, 0.3) is 0 Å². The van der Waals surface area contributed by atoms with Crippen molar-refractivity contribution in [1.29, 1.82) is 0 Å². The van der Waals surface area contributed by atoms with E-state index in [1.54, 1.807) is 38.5 Å². The zero-order valence-electron chi connectivity index (χ0n) is 15.4. The van der Waals surface area contributed by atoms with Crippen LogP contribution in [-0.2, 0) is 11.2 Å². The van der Waals surface area contributed by atoms with E-state index in [-0.39, 0.29) is 0 Å². The van der Waals surface area contributed by atoms with Gasteiger partial charge in [-0.25, -0.2) is 0 Å². The van der Waals surface area contributed by atoms with Crippen LogP contribution in [0.3, 0.4) is 0 Å². The first kappa shape index (κ1) is 19.4. The maximum Gasteiger partial charge on any atom is 0.311 e. The van der Waals surface area contributed by atoms with Gasteiger partial charge in [0.1, 0.15) is 0 Å². The number of carboxylic acids is 1. The molecule has 0 aliphatic heterocycles. The number of ether oxygens (including phenoxy) is 4. The van der Waals surface area contributed by atoms with Gasteiger partial charge in [0.25, 0.3) is 0 Å². The minimum absolute atomic E-state index is 0.314. The summed E-state index contributed by atoms with van der Waals surface area (Å²) < 4.78 is 21.3. The highest BCUT2D eigenvalue weighted by molar-refractivity contribution is 5.77. The van der Waals surface area contributed by atoms with Crippen molar-refractivity contribution in [2.24, 2.45) is 0 Å². The molecule has 0 saturated carbocycles. The molecule has 0 spiro atoms. The second-order valence-electron chi connectivity index (χ2n) is 5.63. The summed E-state index contributed by atoms with van der Waals surface area (Å²) in [5, 5.41) is 9.72. The Morgan fingerprint density at radius 1 is 0.923 bits per heavy atom. The van der Waals surface area contributed by atoms with E-state index in [0.717, 1.165) is 5.56 Å². The van der Waals surface area contributed by atoms with E-state index >= 15 is 0 Å². The van der Waals surface area contributed by atoms with Gasteiger partial charge in [-0.2, -0.15) is 0 Å². The summed E-state index contributed by atoms with van der Waals surface area (Å²) in [5.74, 6) is 0.644.